The largest absolute Gasteiger partial charge is 0.350 e. The minimum atomic E-state index is -3.62. The lowest BCUT2D eigenvalue weighted by Gasteiger charge is -2.34. The Morgan fingerprint density at radius 1 is 1.23 bits per heavy atom. The van der Waals surface area contributed by atoms with Crippen molar-refractivity contribution >= 4 is 27.3 Å². The standard InChI is InChI=1S/C22H31N3O3S2/c1-16-10-17(2)14-25(13-16)30(27,28)20-7-5-6-18(11-20)22(26)23-12-21(24(3)4)19-8-9-29-15-19/h5-9,11,15-17,21H,10,12-14H2,1-4H3,(H,23,26). The quantitative estimate of drug-likeness (QED) is 0.703. The molecule has 0 aliphatic carbocycles. The summed E-state index contributed by atoms with van der Waals surface area (Å²) in [6.45, 7) is 5.65. The predicted octanol–water partition coefficient (Wildman–Crippen LogP) is 3.45. The summed E-state index contributed by atoms with van der Waals surface area (Å²) in [6, 6.07) is 8.47. The Balaban J connectivity index is 1.73. The second-order valence-corrected chi connectivity index (χ2v) is 11.3. The van der Waals surface area contributed by atoms with Gasteiger partial charge in [-0.05, 0) is 72.9 Å². The van der Waals surface area contributed by atoms with Crippen molar-refractivity contribution < 1.29 is 13.2 Å². The molecule has 1 fully saturated rings. The molecule has 8 heteroatoms. The van der Waals surface area contributed by atoms with E-state index in [-0.39, 0.29) is 16.8 Å². The Bertz CT molecular complexity index is 948. The maximum absolute atomic E-state index is 13.2. The number of hydrogen-bond donors (Lipinski definition) is 1. The minimum Gasteiger partial charge on any atom is -0.350 e. The van der Waals surface area contributed by atoms with E-state index in [1.807, 2.05) is 19.5 Å². The highest BCUT2D eigenvalue weighted by atomic mass is 32.2. The first-order valence-electron chi connectivity index (χ1n) is 10.3. The third kappa shape index (κ3) is 5.29. The van der Waals surface area contributed by atoms with Crippen LogP contribution in [0.3, 0.4) is 0 Å². The fraction of sp³-hybridized carbons (Fsp3) is 0.500. The van der Waals surface area contributed by atoms with Crippen LogP contribution in [0.15, 0.2) is 46.0 Å². The lowest BCUT2D eigenvalue weighted by Crippen LogP contribution is -2.42. The highest BCUT2D eigenvalue weighted by Gasteiger charge is 2.32. The Labute approximate surface area is 183 Å². The van der Waals surface area contributed by atoms with Gasteiger partial charge >= 0.3 is 0 Å². The van der Waals surface area contributed by atoms with Crippen molar-refractivity contribution in [2.24, 2.45) is 11.8 Å². The van der Waals surface area contributed by atoms with Gasteiger partial charge in [-0.15, -0.1) is 0 Å². The van der Waals surface area contributed by atoms with Crippen molar-refractivity contribution in [3.63, 3.8) is 0 Å². The number of carbonyl (C=O) groups is 1. The van der Waals surface area contributed by atoms with E-state index in [4.69, 9.17) is 0 Å². The molecule has 1 amide bonds. The average molecular weight is 450 g/mol. The molecule has 3 rings (SSSR count). The van der Waals surface area contributed by atoms with E-state index in [2.05, 4.69) is 35.5 Å². The van der Waals surface area contributed by atoms with Crippen LogP contribution in [0.2, 0.25) is 0 Å². The summed E-state index contributed by atoms with van der Waals surface area (Å²) in [4.78, 5) is 15.0. The first kappa shape index (κ1) is 22.9. The number of carbonyl (C=O) groups excluding carboxylic acids is 1. The Hall–Kier alpha value is -1.74. The number of thiophene rings is 1. The number of nitrogens with zero attached hydrogens (tertiary/aromatic N) is 2. The number of hydrogen-bond acceptors (Lipinski definition) is 5. The smallest absolute Gasteiger partial charge is 0.251 e. The molecule has 3 unspecified atom stereocenters. The molecule has 1 N–H and O–H groups in total. The van der Waals surface area contributed by atoms with E-state index in [1.165, 1.54) is 6.07 Å². The maximum Gasteiger partial charge on any atom is 0.251 e. The molecule has 1 aromatic carbocycles. The molecule has 164 valence electrons. The van der Waals surface area contributed by atoms with Crippen LogP contribution in [-0.4, -0.2) is 57.3 Å². The van der Waals surface area contributed by atoms with E-state index >= 15 is 0 Å². The van der Waals surface area contributed by atoms with Crippen molar-refractivity contribution in [1.82, 2.24) is 14.5 Å². The van der Waals surface area contributed by atoms with Gasteiger partial charge in [0.2, 0.25) is 10.0 Å². The van der Waals surface area contributed by atoms with Crippen molar-refractivity contribution in [1.29, 1.82) is 0 Å². The summed E-state index contributed by atoms with van der Waals surface area (Å²) >= 11 is 1.62. The molecule has 2 heterocycles. The molecule has 0 spiro atoms. The fourth-order valence-electron chi connectivity index (χ4n) is 4.10. The van der Waals surface area contributed by atoms with Crippen LogP contribution >= 0.6 is 11.3 Å². The van der Waals surface area contributed by atoms with Gasteiger partial charge in [0.1, 0.15) is 0 Å². The molecule has 2 aromatic rings. The predicted molar refractivity (Wildman–Crippen MR) is 121 cm³/mol. The van der Waals surface area contributed by atoms with Crippen molar-refractivity contribution in [3.8, 4) is 0 Å². The van der Waals surface area contributed by atoms with Gasteiger partial charge in [-0.25, -0.2) is 8.42 Å². The summed E-state index contributed by atoms with van der Waals surface area (Å²) in [5.74, 6) is 0.389. The molecule has 1 saturated heterocycles. The van der Waals surface area contributed by atoms with Gasteiger partial charge in [0.25, 0.3) is 5.91 Å². The van der Waals surface area contributed by atoms with E-state index in [0.717, 1.165) is 12.0 Å². The number of nitrogens with one attached hydrogen (secondary N) is 1. The fourth-order valence-corrected chi connectivity index (χ4v) is 6.54. The zero-order valence-electron chi connectivity index (χ0n) is 18.0. The second kappa shape index (κ2) is 9.60. The Kier molecular flexibility index (Phi) is 7.34. The summed E-state index contributed by atoms with van der Waals surface area (Å²) in [6.07, 6.45) is 1.03. The third-order valence-corrected chi connectivity index (χ3v) is 8.11. The molecule has 3 atom stereocenters. The lowest BCUT2D eigenvalue weighted by atomic mass is 9.94. The van der Waals surface area contributed by atoms with Crippen molar-refractivity contribution in [2.45, 2.75) is 31.2 Å². The number of benzene rings is 1. The SMILES string of the molecule is CC1CC(C)CN(S(=O)(=O)c2cccc(C(=O)NCC(c3ccsc3)N(C)C)c2)C1. The van der Waals surface area contributed by atoms with Crippen LogP contribution in [0.25, 0.3) is 0 Å². The first-order valence-corrected chi connectivity index (χ1v) is 12.6. The van der Waals surface area contributed by atoms with Gasteiger partial charge < -0.3 is 10.2 Å². The van der Waals surface area contributed by atoms with E-state index in [9.17, 15) is 13.2 Å². The van der Waals surface area contributed by atoms with Gasteiger partial charge in [-0.1, -0.05) is 19.9 Å². The molecular weight excluding hydrogens is 418 g/mol. The molecule has 1 aliphatic rings. The molecule has 0 bridgehead atoms. The molecule has 1 aromatic heterocycles. The molecule has 30 heavy (non-hydrogen) atoms. The van der Waals surface area contributed by atoms with Gasteiger partial charge in [-0.2, -0.15) is 15.6 Å². The zero-order chi connectivity index (χ0) is 21.9. The maximum atomic E-state index is 13.2. The molecule has 0 saturated carbocycles. The highest BCUT2D eigenvalue weighted by Crippen LogP contribution is 2.27. The van der Waals surface area contributed by atoms with Crippen LogP contribution in [0.5, 0.6) is 0 Å². The van der Waals surface area contributed by atoms with E-state index in [0.29, 0.717) is 37.0 Å². The number of rotatable bonds is 7. The summed E-state index contributed by atoms with van der Waals surface area (Å²) in [7, 11) is 0.331. The van der Waals surface area contributed by atoms with Crippen molar-refractivity contribution in [3.05, 3.63) is 52.2 Å². The number of amides is 1. The average Bonchev–Trinajstić information content (AvgIpc) is 3.21. The molecular formula is C22H31N3O3S2. The molecule has 0 radical (unpaired) electrons. The van der Waals surface area contributed by atoms with E-state index < -0.39 is 10.0 Å². The number of piperidine rings is 1. The second-order valence-electron chi connectivity index (χ2n) is 8.54. The van der Waals surface area contributed by atoms with Crippen LogP contribution in [0, 0.1) is 11.8 Å². The molecule has 6 nitrogen and oxygen atoms in total. The van der Waals surface area contributed by atoms with E-state index in [1.54, 1.807) is 33.8 Å². The lowest BCUT2D eigenvalue weighted by molar-refractivity contribution is 0.0941. The normalized spacial score (nSPS) is 21.5. The van der Waals surface area contributed by atoms with Gasteiger partial charge in [0.15, 0.2) is 0 Å². The summed E-state index contributed by atoms with van der Waals surface area (Å²) < 4.78 is 27.9. The van der Waals surface area contributed by atoms with Crippen LogP contribution in [0.1, 0.15) is 42.2 Å². The van der Waals surface area contributed by atoms with Gasteiger partial charge in [0.05, 0.1) is 10.9 Å². The third-order valence-electron chi connectivity index (χ3n) is 5.58. The van der Waals surface area contributed by atoms with Crippen LogP contribution in [-0.2, 0) is 10.0 Å². The van der Waals surface area contributed by atoms with Gasteiger partial charge in [-0.3, -0.25) is 4.79 Å². The minimum absolute atomic E-state index is 0.0587. The molecule has 1 aliphatic heterocycles. The Morgan fingerprint density at radius 2 is 1.93 bits per heavy atom. The monoisotopic (exact) mass is 449 g/mol. The summed E-state index contributed by atoms with van der Waals surface area (Å²) in [5, 5.41) is 7.05. The van der Waals surface area contributed by atoms with Crippen LogP contribution < -0.4 is 5.32 Å². The zero-order valence-corrected chi connectivity index (χ0v) is 19.7. The van der Waals surface area contributed by atoms with Gasteiger partial charge in [0, 0.05) is 25.2 Å². The number of sulfonamides is 1. The number of likely N-dealkylation sites (N-methyl/N-ethyl adjacent to an activating group) is 1. The topological polar surface area (TPSA) is 69.7 Å². The highest BCUT2D eigenvalue weighted by molar-refractivity contribution is 7.89. The van der Waals surface area contributed by atoms with Crippen LogP contribution in [0.4, 0.5) is 0 Å². The summed E-state index contributed by atoms with van der Waals surface area (Å²) in [5.41, 5.74) is 1.51. The van der Waals surface area contributed by atoms with Crippen molar-refractivity contribution in [2.75, 3.05) is 33.7 Å². The Morgan fingerprint density at radius 3 is 2.53 bits per heavy atom. The first-order chi connectivity index (χ1) is 14.2.